The van der Waals surface area contributed by atoms with Gasteiger partial charge in [-0.15, -0.1) is 0 Å². The lowest BCUT2D eigenvalue weighted by atomic mass is 10.1. The van der Waals surface area contributed by atoms with Crippen LogP contribution in [0.15, 0.2) is 6.33 Å². The van der Waals surface area contributed by atoms with E-state index in [9.17, 15) is 5.11 Å². The number of methoxy groups -OCH3 is 1. The van der Waals surface area contributed by atoms with Crippen LogP contribution >= 0.6 is 0 Å². The molecule has 1 aromatic heterocycles. The Hall–Kier alpha value is -1.36. The minimum atomic E-state index is -0.175. The second-order valence-electron chi connectivity index (χ2n) is 4.50. The molecule has 1 heterocycles. The molecular formula is C12H19N3O2. The van der Waals surface area contributed by atoms with Crippen molar-refractivity contribution in [1.82, 2.24) is 9.97 Å². The first-order valence-electron chi connectivity index (χ1n) is 6.00. The molecule has 1 aliphatic rings. The first-order chi connectivity index (χ1) is 8.22. The Morgan fingerprint density at radius 2 is 2.29 bits per heavy atom. The van der Waals surface area contributed by atoms with E-state index in [1.165, 1.54) is 6.33 Å². The van der Waals surface area contributed by atoms with Gasteiger partial charge in [-0.25, -0.2) is 9.97 Å². The highest BCUT2D eigenvalue weighted by atomic mass is 16.5. The van der Waals surface area contributed by atoms with Gasteiger partial charge in [0.2, 0.25) is 5.88 Å². The fraction of sp³-hybridized carbons (Fsp3) is 0.667. The summed E-state index contributed by atoms with van der Waals surface area (Å²) in [7, 11) is 1.60. The highest BCUT2D eigenvalue weighted by Crippen LogP contribution is 2.26. The molecule has 2 atom stereocenters. The number of nitrogens with one attached hydrogen (secondary N) is 1. The molecule has 0 spiro atoms. The molecule has 2 N–H and O–H groups in total. The summed E-state index contributed by atoms with van der Waals surface area (Å²) >= 11 is 0. The summed E-state index contributed by atoms with van der Waals surface area (Å²) in [5.74, 6) is 1.71. The number of nitrogens with zero attached hydrogens (tertiary/aromatic N) is 2. The maximum atomic E-state index is 9.74. The van der Waals surface area contributed by atoms with Crippen LogP contribution in [-0.2, 0) is 0 Å². The SMILES string of the molecule is COc1ncnc(NCC2CCCC2O)c1C. The number of ether oxygens (including phenoxy) is 1. The molecule has 1 aromatic rings. The van der Waals surface area contributed by atoms with Crippen LogP contribution in [0.25, 0.3) is 0 Å². The molecule has 0 saturated heterocycles. The normalized spacial score (nSPS) is 23.7. The van der Waals surface area contributed by atoms with Gasteiger partial charge >= 0.3 is 0 Å². The number of hydrogen-bond donors (Lipinski definition) is 2. The third-order valence-corrected chi connectivity index (χ3v) is 3.38. The van der Waals surface area contributed by atoms with Crippen LogP contribution in [0.2, 0.25) is 0 Å². The minimum Gasteiger partial charge on any atom is -0.481 e. The van der Waals surface area contributed by atoms with Crippen molar-refractivity contribution in [2.24, 2.45) is 5.92 Å². The number of aliphatic hydroxyl groups excluding tert-OH is 1. The van der Waals surface area contributed by atoms with E-state index < -0.39 is 0 Å². The highest BCUT2D eigenvalue weighted by molar-refractivity contribution is 5.47. The lowest BCUT2D eigenvalue weighted by Crippen LogP contribution is -2.22. The van der Waals surface area contributed by atoms with Crippen LogP contribution in [0, 0.1) is 12.8 Å². The Morgan fingerprint density at radius 3 is 2.94 bits per heavy atom. The Labute approximate surface area is 101 Å². The Bertz CT molecular complexity index is 384. The smallest absolute Gasteiger partial charge is 0.221 e. The van der Waals surface area contributed by atoms with Gasteiger partial charge in [0.1, 0.15) is 12.1 Å². The van der Waals surface area contributed by atoms with E-state index in [0.717, 1.165) is 37.2 Å². The fourth-order valence-corrected chi connectivity index (χ4v) is 2.30. The monoisotopic (exact) mass is 237 g/mol. The molecule has 5 heteroatoms. The lowest BCUT2D eigenvalue weighted by Gasteiger charge is -2.16. The zero-order valence-corrected chi connectivity index (χ0v) is 10.3. The van der Waals surface area contributed by atoms with Gasteiger partial charge in [0.05, 0.1) is 18.8 Å². The van der Waals surface area contributed by atoms with Crippen LogP contribution in [0.3, 0.4) is 0 Å². The Morgan fingerprint density at radius 1 is 1.47 bits per heavy atom. The zero-order chi connectivity index (χ0) is 12.3. The third kappa shape index (κ3) is 2.66. The zero-order valence-electron chi connectivity index (χ0n) is 10.3. The summed E-state index contributed by atoms with van der Waals surface area (Å²) in [5, 5.41) is 13.0. The quantitative estimate of drug-likeness (QED) is 0.827. The average molecular weight is 237 g/mol. The predicted octanol–water partition coefficient (Wildman–Crippen LogP) is 1.37. The summed E-state index contributed by atoms with van der Waals surface area (Å²) in [6.07, 6.45) is 4.42. The second-order valence-corrected chi connectivity index (χ2v) is 4.50. The molecular weight excluding hydrogens is 218 g/mol. The summed E-state index contributed by atoms with van der Waals surface area (Å²) in [4.78, 5) is 8.22. The van der Waals surface area contributed by atoms with E-state index in [1.807, 2.05) is 6.92 Å². The molecule has 2 rings (SSSR count). The molecule has 0 radical (unpaired) electrons. The maximum absolute atomic E-state index is 9.74. The van der Waals surface area contributed by atoms with E-state index in [4.69, 9.17) is 4.74 Å². The van der Waals surface area contributed by atoms with Crippen molar-refractivity contribution in [3.8, 4) is 5.88 Å². The number of hydrogen-bond acceptors (Lipinski definition) is 5. The van der Waals surface area contributed by atoms with Crippen LogP contribution < -0.4 is 10.1 Å². The summed E-state index contributed by atoms with van der Waals surface area (Å²) in [6.45, 7) is 2.68. The van der Waals surface area contributed by atoms with E-state index >= 15 is 0 Å². The highest BCUT2D eigenvalue weighted by Gasteiger charge is 2.25. The lowest BCUT2D eigenvalue weighted by molar-refractivity contribution is 0.138. The number of anilines is 1. The van der Waals surface area contributed by atoms with Gasteiger partial charge in [-0.2, -0.15) is 0 Å². The summed E-state index contributed by atoms with van der Waals surface area (Å²) in [6, 6.07) is 0. The van der Waals surface area contributed by atoms with Crippen molar-refractivity contribution in [3.05, 3.63) is 11.9 Å². The Kier molecular flexibility index (Phi) is 3.78. The number of aromatic nitrogens is 2. The Balaban J connectivity index is 1.99. The van der Waals surface area contributed by atoms with Crippen LogP contribution in [-0.4, -0.2) is 34.8 Å². The van der Waals surface area contributed by atoms with Gasteiger partial charge in [0.15, 0.2) is 0 Å². The van der Waals surface area contributed by atoms with Crippen molar-refractivity contribution in [2.75, 3.05) is 19.0 Å². The minimum absolute atomic E-state index is 0.175. The number of rotatable bonds is 4. The molecule has 1 aliphatic carbocycles. The van der Waals surface area contributed by atoms with Crippen molar-refractivity contribution in [1.29, 1.82) is 0 Å². The largest absolute Gasteiger partial charge is 0.481 e. The van der Waals surface area contributed by atoms with Gasteiger partial charge in [0.25, 0.3) is 0 Å². The standard InChI is InChI=1S/C12H19N3O2/c1-8-11(14-7-15-12(8)17-2)13-6-9-4-3-5-10(9)16/h7,9-10,16H,3-6H2,1-2H3,(H,13,14,15). The van der Waals surface area contributed by atoms with Crippen LogP contribution in [0.5, 0.6) is 5.88 Å². The van der Waals surface area contributed by atoms with E-state index in [0.29, 0.717) is 11.8 Å². The van der Waals surface area contributed by atoms with E-state index in [-0.39, 0.29) is 6.10 Å². The van der Waals surface area contributed by atoms with Crippen LogP contribution in [0.1, 0.15) is 24.8 Å². The van der Waals surface area contributed by atoms with E-state index in [2.05, 4.69) is 15.3 Å². The molecule has 0 amide bonds. The van der Waals surface area contributed by atoms with E-state index in [1.54, 1.807) is 7.11 Å². The molecule has 1 fully saturated rings. The van der Waals surface area contributed by atoms with Crippen molar-refractivity contribution >= 4 is 5.82 Å². The second kappa shape index (κ2) is 5.31. The van der Waals surface area contributed by atoms with Gasteiger partial charge in [-0.3, -0.25) is 0 Å². The van der Waals surface area contributed by atoms with Crippen molar-refractivity contribution in [2.45, 2.75) is 32.3 Å². The fourth-order valence-electron chi connectivity index (χ4n) is 2.30. The predicted molar refractivity (Wildman–Crippen MR) is 65.2 cm³/mol. The maximum Gasteiger partial charge on any atom is 0.221 e. The molecule has 17 heavy (non-hydrogen) atoms. The van der Waals surface area contributed by atoms with Gasteiger partial charge in [-0.1, -0.05) is 6.42 Å². The van der Waals surface area contributed by atoms with Crippen molar-refractivity contribution in [3.63, 3.8) is 0 Å². The first kappa shape index (κ1) is 12.1. The molecule has 5 nitrogen and oxygen atoms in total. The topological polar surface area (TPSA) is 67.3 Å². The third-order valence-electron chi connectivity index (χ3n) is 3.38. The number of aliphatic hydroxyl groups is 1. The molecule has 0 aliphatic heterocycles. The van der Waals surface area contributed by atoms with Crippen LogP contribution in [0.4, 0.5) is 5.82 Å². The summed E-state index contributed by atoms with van der Waals surface area (Å²) < 4.78 is 5.14. The summed E-state index contributed by atoms with van der Waals surface area (Å²) in [5.41, 5.74) is 0.905. The molecule has 1 saturated carbocycles. The first-order valence-corrected chi connectivity index (χ1v) is 6.00. The van der Waals surface area contributed by atoms with Crippen molar-refractivity contribution < 1.29 is 9.84 Å². The molecule has 0 aromatic carbocycles. The van der Waals surface area contributed by atoms with Gasteiger partial charge < -0.3 is 15.2 Å². The molecule has 0 bridgehead atoms. The molecule has 2 unspecified atom stereocenters. The van der Waals surface area contributed by atoms with Gasteiger partial charge in [0, 0.05) is 12.5 Å². The molecule has 94 valence electrons. The van der Waals surface area contributed by atoms with Gasteiger partial charge in [-0.05, 0) is 19.8 Å². The average Bonchev–Trinajstić information content (AvgIpc) is 2.74.